The van der Waals surface area contributed by atoms with Gasteiger partial charge < -0.3 is 9.84 Å². The van der Waals surface area contributed by atoms with Gasteiger partial charge in [-0.05, 0) is 31.0 Å². The summed E-state index contributed by atoms with van der Waals surface area (Å²) in [4.78, 5) is 22.7. The first kappa shape index (κ1) is 14.7. The van der Waals surface area contributed by atoms with Crippen LogP contribution in [0.1, 0.15) is 36.2 Å². The van der Waals surface area contributed by atoms with Crippen molar-refractivity contribution in [2.45, 2.75) is 32.8 Å². The highest BCUT2D eigenvalue weighted by Gasteiger charge is 2.15. The van der Waals surface area contributed by atoms with E-state index in [1.807, 2.05) is 6.92 Å². The predicted octanol–water partition coefficient (Wildman–Crippen LogP) is 3.03. The summed E-state index contributed by atoms with van der Waals surface area (Å²) in [7, 11) is 0. The molecule has 0 fully saturated rings. The third-order valence-electron chi connectivity index (χ3n) is 2.54. The quantitative estimate of drug-likeness (QED) is 0.848. The Kier molecular flexibility index (Phi) is 5.34. The van der Waals surface area contributed by atoms with E-state index in [0.29, 0.717) is 10.0 Å². The van der Waals surface area contributed by atoms with Gasteiger partial charge in [-0.25, -0.2) is 4.79 Å². The number of carbonyl (C=O) groups excluding carboxylic acids is 1. The molecule has 4 nitrogen and oxygen atoms in total. The number of carboxylic acids is 1. The van der Waals surface area contributed by atoms with Crippen LogP contribution in [0.3, 0.4) is 0 Å². The molecular formula is C13H15BrO4. The maximum absolute atomic E-state index is 11.6. The van der Waals surface area contributed by atoms with Crippen LogP contribution in [0, 0.1) is 0 Å². The molecule has 0 saturated carbocycles. The Balaban J connectivity index is 2.84. The van der Waals surface area contributed by atoms with Crippen molar-refractivity contribution in [3.8, 4) is 0 Å². The minimum atomic E-state index is -1.05. The summed E-state index contributed by atoms with van der Waals surface area (Å²) in [6, 6.07) is 4.80. The number of hydrogen-bond donors (Lipinski definition) is 1. The Morgan fingerprint density at radius 1 is 1.44 bits per heavy atom. The number of carboxylic acid groups (broad SMARTS) is 1. The van der Waals surface area contributed by atoms with Crippen LogP contribution in [0.5, 0.6) is 0 Å². The second-order valence-corrected chi connectivity index (χ2v) is 4.91. The van der Waals surface area contributed by atoms with Crippen molar-refractivity contribution >= 4 is 27.9 Å². The standard InChI is InChI=1S/C13H15BrO4/c1-3-8(2)18-12(15)6-9-4-5-10(14)7-11(9)13(16)17/h4-5,7-8H,3,6H2,1-2H3,(H,16,17). The highest BCUT2D eigenvalue weighted by Crippen LogP contribution is 2.18. The van der Waals surface area contributed by atoms with Crippen molar-refractivity contribution in [2.24, 2.45) is 0 Å². The van der Waals surface area contributed by atoms with Crippen molar-refractivity contribution in [3.05, 3.63) is 33.8 Å². The molecule has 1 rings (SSSR count). The van der Waals surface area contributed by atoms with E-state index < -0.39 is 11.9 Å². The number of carbonyl (C=O) groups is 2. The molecule has 18 heavy (non-hydrogen) atoms. The lowest BCUT2D eigenvalue weighted by Crippen LogP contribution is -2.17. The van der Waals surface area contributed by atoms with Crippen LogP contribution in [0.15, 0.2) is 22.7 Å². The molecule has 0 aliphatic carbocycles. The zero-order chi connectivity index (χ0) is 13.7. The molecule has 0 saturated heterocycles. The largest absolute Gasteiger partial charge is 0.478 e. The number of aromatic carboxylic acids is 1. The van der Waals surface area contributed by atoms with E-state index >= 15 is 0 Å². The van der Waals surface area contributed by atoms with Gasteiger partial charge in [-0.1, -0.05) is 28.9 Å². The molecule has 0 spiro atoms. The highest BCUT2D eigenvalue weighted by atomic mass is 79.9. The molecule has 0 aliphatic rings. The van der Waals surface area contributed by atoms with Gasteiger partial charge in [0.2, 0.25) is 0 Å². The predicted molar refractivity (Wildman–Crippen MR) is 70.7 cm³/mol. The van der Waals surface area contributed by atoms with Gasteiger partial charge in [-0.3, -0.25) is 4.79 Å². The summed E-state index contributed by atoms with van der Waals surface area (Å²) in [6.45, 7) is 3.72. The fourth-order valence-electron chi connectivity index (χ4n) is 1.41. The lowest BCUT2D eigenvalue weighted by molar-refractivity contribution is -0.147. The van der Waals surface area contributed by atoms with Crippen LogP contribution in [-0.4, -0.2) is 23.1 Å². The van der Waals surface area contributed by atoms with Crippen molar-refractivity contribution in [3.63, 3.8) is 0 Å². The molecule has 1 aromatic carbocycles. The highest BCUT2D eigenvalue weighted by molar-refractivity contribution is 9.10. The van der Waals surface area contributed by atoms with Crippen molar-refractivity contribution in [1.29, 1.82) is 0 Å². The van der Waals surface area contributed by atoms with Crippen LogP contribution in [0.25, 0.3) is 0 Å². The van der Waals surface area contributed by atoms with Crippen LogP contribution >= 0.6 is 15.9 Å². The van der Waals surface area contributed by atoms with E-state index in [0.717, 1.165) is 6.42 Å². The molecule has 0 bridgehead atoms. The average molecular weight is 315 g/mol. The molecule has 1 aromatic rings. The number of hydrogen-bond acceptors (Lipinski definition) is 3. The second kappa shape index (κ2) is 6.54. The molecular weight excluding hydrogens is 300 g/mol. The molecule has 1 unspecified atom stereocenters. The van der Waals surface area contributed by atoms with Crippen molar-refractivity contribution in [1.82, 2.24) is 0 Å². The summed E-state index contributed by atoms with van der Waals surface area (Å²) < 4.78 is 5.79. The van der Waals surface area contributed by atoms with Gasteiger partial charge in [0, 0.05) is 4.47 Å². The summed E-state index contributed by atoms with van der Waals surface area (Å²) in [5.41, 5.74) is 0.574. The summed E-state index contributed by atoms with van der Waals surface area (Å²) in [5, 5.41) is 9.06. The molecule has 0 aromatic heterocycles. The Bertz CT molecular complexity index is 456. The third kappa shape index (κ3) is 4.14. The summed E-state index contributed by atoms with van der Waals surface area (Å²) in [5.74, 6) is -1.46. The second-order valence-electron chi connectivity index (χ2n) is 3.99. The number of ether oxygens (including phenoxy) is 1. The van der Waals surface area contributed by atoms with Gasteiger partial charge in [0.1, 0.15) is 0 Å². The topological polar surface area (TPSA) is 63.6 Å². The summed E-state index contributed by atoms with van der Waals surface area (Å²) in [6.07, 6.45) is 0.554. The first-order valence-electron chi connectivity index (χ1n) is 5.65. The van der Waals surface area contributed by atoms with Crippen LogP contribution in [0.2, 0.25) is 0 Å². The smallest absolute Gasteiger partial charge is 0.336 e. The van der Waals surface area contributed by atoms with E-state index in [-0.39, 0.29) is 18.1 Å². The Morgan fingerprint density at radius 2 is 2.11 bits per heavy atom. The van der Waals surface area contributed by atoms with E-state index in [9.17, 15) is 9.59 Å². The summed E-state index contributed by atoms with van der Waals surface area (Å²) >= 11 is 3.20. The minimum absolute atomic E-state index is 0.0285. The first-order chi connectivity index (χ1) is 8.43. The molecule has 1 atom stereocenters. The average Bonchev–Trinajstić information content (AvgIpc) is 2.30. The first-order valence-corrected chi connectivity index (χ1v) is 6.44. The fraction of sp³-hybridized carbons (Fsp3) is 0.385. The number of halogens is 1. The molecule has 0 radical (unpaired) electrons. The maximum atomic E-state index is 11.6. The van der Waals surface area contributed by atoms with E-state index in [2.05, 4.69) is 15.9 Å². The van der Waals surface area contributed by atoms with Crippen LogP contribution < -0.4 is 0 Å². The Hall–Kier alpha value is -1.36. The molecule has 1 N–H and O–H groups in total. The van der Waals surface area contributed by atoms with Gasteiger partial charge in [-0.15, -0.1) is 0 Å². The lowest BCUT2D eigenvalue weighted by atomic mass is 10.0. The number of benzene rings is 1. The number of esters is 1. The molecule has 0 heterocycles. The Morgan fingerprint density at radius 3 is 2.67 bits per heavy atom. The number of rotatable bonds is 5. The van der Waals surface area contributed by atoms with Gasteiger partial charge >= 0.3 is 11.9 Å². The zero-order valence-electron chi connectivity index (χ0n) is 10.3. The normalized spacial score (nSPS) is 11.9. The zero-order valence-corrected chi connectivity index (χ0v) is 11.9. The van der Waals surface area contributed by atoms with Gasteiger partial charge in [0.25, 0.3) is 0 Å². The van der Waals surface area contributed by atoms with Crippen molar-refractivity contribution in [2.75, 3.05) is 0 Å². The Labute approximate surface area is 114 Å². The van der Waals surface area contributed by atoms with E-state index in [1.165, 1.54) is 6.07 Å². The fourth-order valence-corrected chi connectivity index (χ4v) is 1.77. The van der Waals surface area contributed by atoms with Gasteiger partial charge in [0.05, 0.1) is 18.1 Å². The van der Waals surface area contributed by atoms with Crippen molar-refractivity contribution < 1.29 is 19.4 Å². The molecule has 98 valence electrons. The SMILES string of the molecule is CCC(C)OC(=O)Cc1ccc(Br)cc1C(=O)O. The van der Waals surface area contributed by atoms with Crippen LogP contribution in [0.4, 0.5) is 0 Å². The van der Waals surface area contributed by atoms with Gasteiger partial charge in [0.15, 0.2) is 0 Å². The lowest BCUT2D eigenvalue weighted by Gasteiger charge is -2.11. The maximum Gasteiger partial charge on any atom is 0.336 e. The van der Waals surface area contributed by atoms with Gasteiger partial charge in [-0.2, -0.15) is 0 Å². The molecule has 0 aliphatic heterocycles. The van der Waals surface area contributed by atoms with E-state index in [1.54, 1.807) is 19.1 Å². The molecule has 5 heteroatoms. The minimum Gasteiger partial charge on any atom is -0.478 e. The van der Waals surface area contributed by atoms with E-state index in [4.69, 9.17) is 9.84 Å². The van der Waals surface area contributed by atoms with Crippen LogP contribution in [-0.2, 0) is 16.0 Å². The monoisotopic (exact) mass is 314 g/mol. The molecule has 0 amide bonds. The third-order valence-corrected chi connectivity index (χ3v) is 3.04.